The number of hydrogen-bond donors (Lipinski definition) is 1. The maximum Gasteiger partial charge on any atom is 0.373 e. The van der Waals surface area contributed by atoms with E-state index in [0.717, 1.165) is 58.3 Å². The van der Waals surface area contributed by atoms with Crippen LogP contribution in [0.25, 0.3) is 54.7 Å². The number of rotatable bonds is 5. The standard InChI is InChI=1S/C23H19NO5.C19H19NO2S.CO2/c25-22(26)18-6-3-4-10-24(18)16-9-8-15-11-17(23(27)29-20(15)13-16)21-12-14-5-1-2-7-19(14)28-21;1-13-5-8-18(23-13)16-11-14-6-7-15(12-17(14)22-19(16)21)20-9-3-2-4-10-20;2-1-3/h1-2,5,7-9,11-13,18H,3-4,6,10H2,(H,25,26);5-8,11-12H,2-4,9-10H2,1H3;. The molecule has 6 heterocycles. The third-order valence-corrected chi connectivity index (χ3v) is 11.0. The number of carbonyl (C=O) groups excluding carboxylic acids is 2. The molecule has 0 spiro atoms. The topological polar surface area (TPSA) is 151 Å². The molecule has 2 saturated heterocycles. The Morgan fingerprint density at radius 2 is 1.31 bits per heavy atom. The Bertz CT molecular complexity index is 2610. The van der Waals surface area contributed by atoms with Gasteiger partial charge in [0.05, 0.1) is 5.56 Å². The summed E-state index contributed by atoms with van der Waals surface area (Å²) < 4.78 is 17.0. The minimum atomic E-state index is -0.827. The summed E-state index contributed by atoms with van der Waals surface area (Å²) in [5, 5.41) is 12.2. The maximum absolute atomic E-state index is 12.6. The monoisotopic (exact) mass is 758 g/mol. The molecule has 2 aliphatic heterocycles. The van der Waals surface area contributed by atoms with Crippen molar-refractivity contribution in [3.05, 3.63) is 117 Å². The summed E-state index contributed by atoms with van der Waals surface area (Å²) in [4.78, 5) is 59.3. The van der Waals surface area contributed by atoms with E-state index in [1.54, 1.807) is 23.5 Å². The Morgan fingerprint density at radius 1 is 0.691 bits per heavy atom. The molecule has 0 aliphatic carbocycles. The molecule has 55 heavy (non-hydrogen) atoms. The molecule has 12 heteroatoms. The summed E-state index contributed by atoms with van der Waals surface area (Å²) >= 11 is 1.62. The van der Waals surface area contributed by atoms with Crippen LogP contribution in [0.15, 0.2) is 114 Å². The number of hydrogen-bond acceptors (Lipinski definition) is 11. The van der Waals surface area contributed by atoms with Crippen molar-refractivity contribution in [1.29, 1.82) is 0 Å². The smallest absolute Gasteiger partial charge is 0.373 e. The molecular formula is C43H38N2O9S. The van der Waals surface area contributed by atoms with Crippen molar-refractivity contribution in [3.8, 4) is 21.8 Å². The lowest BCUT2D eigenvalue weighted by Crippen LogP contribution is -2.44. The number of carboxylic acids is 1. The molecule has 0 bridgehead atoms. The van der Waals surface area contributed by atoms with Gasteiger partial charge in [-0.3, -0.25) is 0 Å². The Morgan fingerprint density at radius 3 is 1.98 bits per heavy atom. The second-order valence-corrected chi connectivity index (χ2v) is 14.9. The van der Waals surface area contributed by atoms with E-state index in [1.165, 1.54) is 24.1 Å². The van der Waals surface area contributed by atoms with E-state index < -0.39 is 17.6 Å². The van der Waals surface area contributed by atoms with Crippen molar-refractivity contribution < 1.29 is 32.7 Å². The minimum Gasteiger partial charge on any atom is -0.480 e. The first-order valence-electron chi connectivity index (χ1n) is 18.2. The molecule has 1 unspecified atom stereocenters. The summed E-state index contributed by atoms with van der Waals surface area (Å²) in [5.74, 6) is -0.362. The first-order chi connectivity index (χ1) is 26.7. The highest BCUT2D eigenvalue weighted by molar-refractivity contribution is 7.15. The number of carboxylic acid groups (broad SMARTS) is 1. The third kappa shape index (κ3) is 8.16. The van der Waals surface area contributed by atoms with E-state index in [9.17, 15) is 19.5 Å². The van der Waals surface area contributed by atoms with Crippen molar-refractivity contribution in [2.24, 2.45) is 0 Å². The number of aryl methyl sites for hydroxylation is 1. The number of piperidine rings is 2. The van der Waals surface area contributed by atoms with Crippen LogP contribution < -0.4 is 21.1 Å². The van der Waals surface area contributed by atoms with Gasteiger partial charge in [-0.25, -0.2) is 14.4 Å². The Hall–Kier alpha value is -6.23. The van der Waals surface area contributed by atoms with Gasteiger partial charge in [0.25, 0.3) is 0 Å². The van der Waals surface area contributed by atoms with Crippen LogP contribution in [-0.4, -0.2) is 42.9 Å². The second-order valence-electron chi connectivity index (χ2n) is 13.6. The summed E-state index contributed by atoms with van der Waals surface area (Å²) in [5.41, 5.74) is 4.00. The van der Waals surface area contributed by atoms with Gasteiger partial charge < -0.3 is 28.2 Å². The predicted molar refractivity (Wildman–Crippen MR) is 212 cm³/mol. The molecule has 280 valence electrons. The Labute approximate surface area is 319 Å². The number of benzene rings is 3. The van der Waals surface area contributed by atoms with Gasteiger partial charge in [0.1, 0.15) is 34.1 Å². The highest BCUT2D eigenvalue weighted by Crippen LogP contribution is 2.32. The highest BCUT2D eigenvalue weighted by Gasteiger charge is 2.29. The molecule has 0 amide bonds. The van der Waals surface area contributed by atoms with Crippen LogP contribution in [0.5, 0.6) is 0 Å². The van der Waals surface area contributed by atoms with Gasteiger partial charge in [0, 0.05) is 69.1 Å². The minimum absolute atomic E-state index is 0.250. The molecule has 4 aromatic heterocycles. The van der Waals surface area contributed by atoms with Gasteiger partial charge in [-0.2, -0.15) is 9.59 Å². The summed E-state index contributed by atoms with van der Waals surface area (Å²) in [6, 6.07) is 28.3. The Kier molecular flexibility index (Phi) is 11.1. The molecule has 11 nitrogen and oxygen atoms in total. The van der Waals surface area contributed by atoms with Crippen LogP contribution in [0.3, 0.4) is 0 Å². The van der Waals surface area contributed by atoms with E-state index >= 15 is 0 Å². The first-order valence-corrected chi connectivity index (χ1v) is 19.0. The predicted octanol–water partition coefficient (Wildman–Crippen LogP) is 8.89. The number of para-hydroxylation sites is 1. The van der Waals surface area contributed by atoms with Crippen LogP contribution >= 0.6 is 11.3 Å². The van der Waals surface area contributed by atoms with E-state index in [2.05, 4.69) is 17.0 Å². The zero-order valence-corrected chi connectivity index (χ0v) is 30.9. The fraction of sp³-hybridized carbons (Fsp3) is 0.256. The third-order valence-electron chi connectivity index (χ3n) is 9.98. The molecule has 0 radical (unpaired) electrons. The number of carbonyl (C=O) groups is 1. The van der Waals surface area contributed by atoms with E-state index in [-0.39, 0.29) is 11.8 Å². The molecule has 1 N–H and O–H groups in total. The molecule has 7 aromatic rings. The summed E-state index contributed by atoms with van der Waals surface area (Å²) in [7, 11) is 0. The van der Waals surface area contributed by atoms with Crippen molar-refractivity contribution in [2.45, 2.75) is 51.5 Å². The van der Waals surface area contributed by atoms with Crippen molar-refractivity contribution in [1.82, 2.24) is 0 Å². The zero-order valence-electron chi connectivity index (χ0n) is 30.1. The van der Waals surface area contributed by atoms with Crippen molar-refractivity contribution in [2.75, 3.05) is 29.4 Å². The maximum atomic E-state index is 12.6. The fourth-order valence-corrected chi connectivity index (χ4v) is 8.13. The van der Waals surface area contributed by atoms with Crippen LogP contribution in [0.2, 0.25) is 0 Å². The normalized spacial score (nSPS) is 15.5. The van der Waals surface area contributed by atoms with E-state index in [0.29, 0.717) is 46.6 Å². The average Bonchev–Trinajstić information content (AvgIpc) is 3.84. The average molecular weight is 759 g/mol. The van der Waals surface area contributed by atoms with Crippen molar-refractivity contribution in [3.63, 3.8) is 0 Å². The van der Waals surface area contributed by atoms with Crippen LogP contribution in [0.4, 0.5) is 11.4 Å². The number of furan rings is 1. The lowest BCUT2D eigenvalue weighted by atomic mass is 10.0. The Balaban J connectivity index is 0.000000162. The molecule has 2 aliphatic rings. The lowest BCUT2D eigenvalue weighted by molar-refractivity contribution is -0.191. The summed E-state index contributed by atoms with van der Waals surface area (Å²) in [6.45, 7) is 4.89. The number of aliphatic carboxylic acids is 1. The van der Waals surface area contributed by atoms with Gasteiger partial charge in [-0.05, 0) is 106 Å². The quantitative estimate of drug-likeness (QED) is 0.168. The largest absolute Gasteiger partial charge is 0.480 e. The van der Waals surface area contributed by atoms with E-state index in [4.69, 9.17) is 22.8 Å². The number of nitrogens with zero attached hydrogens (tertiary/aromatic N) is 2. The lowest BCUT2D eigenvalue weighted by Gasteiger charge is -2.34. The number of thiophene rings is 1. The highest BCUT2D eigenvalue weighted by atomic mass is 32.1. The van der Waals surface area contributed by atoms with Crippen molar-refractivity contribution >= 4 is 67.7 Å². The van der Waals surface area contributed by atoms with Gasteiger partial charge in [-0.15, -0.1) is 11.3 Å². The SMILES string of the molecule is Cc1ccc(-c2cc3ccc(N4CCCCC4)cc3oc2=O)s1.O=C(O)C1CCCCN1c1ccc2cc(-c3cc4ccccc4o3)c(=O)oc2c1.O=C=O. The second kappa shape index (κ2) is 16.4. The molecule has 2 fully saturated rings. The zero-order chi connectivity index (χ0) is 38.5. The number of anilines is 2. The molecule has 1 atom stereocenters. The molecular weight excluding hydrogens is 721 g/mol. The van der Waals surface area contributed by atoms with Gasteiger partial charge in [0.15, 0.2) is 0 Å². The van der Waals surface area contributed by atoms with Crippen LogP contribution in [-0.2, 0) is 14.4 Å². The fourth-order valence-electron chi connectivity index (χ4n) is 7.26. The molecule has 3 aromatic carbocycles. The van der Waals surface area contributed by atoms with Crippen LogP contribution in [0, 0.1) is 6.92 Å². The van der Waals surface area contributed by atoms with Gasteiger partial charge in [0.2, 0.25) is 0 Å². The first kappa shape index (κ1) is 37.1. The molecule has 0 saturated carbocycles. The van der Waals surface area contributed by atoms with Gasteiger partial charge >= 0.3 is 23.4 Å². The molecule has 9 rings (SSSR count). The summed E-state index contributed by atoms with van der Waals surface area (Å²) in [6.07, 6.45) is 6.48. The van der Waals surface area contributed by atoms with Crippen LogP contribution in [0.1, 0.15) is 43.4 Å². The number of fused-ring (bicyclic) bond motifs is 3. The van der Waals surface area contributed by atoms with Gasteiger partial charge in [-0.1, -0.05) is 18.2 Å². The van der Waals surface area contributed by atoms with E-state index in [1.807, 2.05) is 78.6 Å².